The summed E-state index contributed by atoms with van der Waals surface area (Å²) in [5, 5.41) is 11.0. The molecule has 0 atom stereocenters. The first-order valence-electron chi connectivity index (χ1n) is 10.1. The van der Waals surface area contributed by atoms with Crippen LogP contribution in [0.25, 0.3) is 21.8 Å². The average molecular weight is 581 g/mol. The molecule has 0 bridgehead atoms. The topological polar surface area (TPSA) is 236 Å². The number of aryl methyl sites for hydroxylation is 1. The van der Waals surface area contributed by atoms with Crippen LogP contribution in [-0.2, 0) is 35.2 Å². The lowest BCUT2D eigenvalue weighted by atomic mass is 10.1. The number of nitrogens with zero attached hydrogens (tertiary/aromatic N) is 3. The lowest BCUT2D eigenvalue weighted by Gasteiger charge is -2.22. The summed E-state index contributed by atoms with van der Waals surface area (Å²) in [6.45, 7) is -2.83. The van der Waals surface area contributed by atoms with Crippen molar-refractivity contribution in [3.63, 3.8) is 0 Å². The molecule has 0 amide bonds. The average Bonchev–Trinajstić information content (AvgIpc) is 2.79. The largest absolute Gasteiger partial charge is 0.469 e. The van der Waals surface area contributed by atoms with Gasteiger partial charge in [-0.05, 0) is 24.3 Å². The third-order valence-electron chi connectivity index (χ3n) is 5.21. The Morgan fingerprint density at radius 1 is 0.946 bits per heavy atom. The predicted octanol–water partition coefficient (Wildman–Crippen LogP) is 0.809. The molecule has 0 spiro atoms. The number of pyridine rings is 1. The van der Waals surface area contributed by atoms with E-state index in [2.05, 4.69) is 9.05 Å². The highest BCUT2D eigenvalue weighted by Gasteiger charge is 2.28. The van der Waals surface area contributed by atoms with Crippen LogP contribution in [0, 0.1) is 10.1 Å². The normalized spacial score (nSPS) is 13.0. The van der Waals surface area contributed by atoms with Crippen molar-refractivity contribution in [2.45, 2.75) is 4.90 Å². The van der Waals surface area contributed by atoms with E-state index < -0.39 is 67.2 Å². The van der Waals surface area contributed by atoms with Gasteiger partial charge in [-0.3, -0.25) is 24.0 Å². The van der Waals surface area contributed by atoms with E-state index in [-0.39, 0.29) is 16.5 Å². The van der Waals surface area contributed by atoms with E-state index in [4.69, 9.17) is 19.6 Å². The third kappa shape index (κ3) is 6.86. The van der Waals surface area contributed by atoms with Gasteiger partial charge in [-0.1, -0.05) is 0 Å². The fraction of sp³-hybridized carbons (Fsp3) is 0.278. The summed E-state index contributed by atoms with van der Waals surface area (Å²) in [5.41, 5.74) is -0.338. The Hall–Kier alpha value is -2.56. The number of non-ortho nitro benzene ring substituents is 1. The summed E-state index contributed by atoms with van der Waals surface area (Å²) in [5.74, 6) is 0. The van der Waals surface area contributed by atoms with Crippen molar-refractivity contribution in [3.8, 4) is 0 Å². The molecule has 3 rings (SSSR count). The zero-order chi connectivity index (χ0) is 27.8. The zero-order valence-electron chi connectivity index (χ0n) is 18.9. The minimum absolute atomic E-state index is 0.0271. The summed E-state index contributed by atoms with van der Waals surface area (Å²) < 4.78 is 59.3. The number of hydrogen-bond acceptors (Lipinski definition) is 9. The lowest BCUT2D eigenvalue weighted by molar-refractivity contribution is -0.384. The number of nitro benzene ring substituents is 1. The van der Waals surface area contributed by atoms with Gasteiger partial charge in [-0.15, -0.1) is 0 Å². The number of sulfonamides is 1. The summed E-state index contributed by atoms with van der Waals surface area (Å²) >= 11 is 0. The molecule has 37 heavy (non-hydrogen) atoms. The number of phosphoric ester groups is 2. The first-order chi connectivity index (χ1) is 17.0. The van der Waals surface area contributed by atoms with Gasteiger partial charge in [0.1, 0.15) is 0 Å². The van der Waals surface area contributed by atoms with E-state index in [1.807, 2.05) is 0 Å². The molecule has 0 fully saturated rings. The van der Waals surface area contributed by atoms with E-state index in [1.54, 1.807) is 11.6 Å². The second-order valence-electron chi connectivity index (χ2n) is 7.58. The van der Waals surface area contributed by atoms with Crippen LogP contribution in [0.3, 0.4) is 0 Å². The van der Waals surface area contributed by atoms with Crippen LogP contribution in [0.2, 0.25) is 0 Å². The Balaban J connectivity index is 2.09. The lowest BCUT2D eigenvalue weighted by Crippen LogP contribution is -2.36. The van der Waals surface area contributed by atoms with E-state index in [1.165, 1.54) is 18.2 Å². The van der Waals surface area contributed by atoms with Crippen LogP contribution in [-0.4, -0.2) is 68.1 Å². The molecule has 19 heteroatoms. The third-order valence-corrected chi connectivity index (χ3v) is 8.14. The highest BCUT2D eigenvalue weighted by Crippen LogP contribution is 2.36. The van der Waals surface area contributed by atoms with Crippen molar-refractivity contribution in [2.75, 3.05) is 26.3 Å². The van der Waals surface area contributed by atoms with E-state index in [9.17, 15) is 32.5 Å². The molecule has 0 saturated carbocycles. The van der Waals surface area contributed by atoms with Gasteiger partial charge in [-0.2, -0.15) is 4.31 Å². The molecule has 0 aliphatic heterocycles. The maximum absolute atomic E-state index is 13.3. The van der Waals surface area contributed by atoms with Gasteiger partial charge in [0.15, 0.2) is 5.43 Å². The number of aromatic nitrogens is 1. The second-order valence-corrected chi connectivity index (χ2v) is 12.0. The first-order valence-corrected chi connectivity index (χ1v) is 14.6. The summed E-state index contributed by atoms with van der Waals surface area (Å²) in [4.78, 5) is 58.7. The molecule has 2 aromatic carbocycles. The maximum atomic E-state index is 13.3. The fourth-order valence-electron chi connectivity index (χ4n) is 3.56. The first kappa shape index (κ1) is 29.0. The van der Waals surface area contributed by atoms with E-state index in [0.29, 0.717) is 15.3 Å². The quantitative estimate of drug-likeness (QED) is 0.106. The van der Waals surface area contributed by atoms with Gasteiger partial charge in [0.2, 0.25) is 10.0 Å². The van der Waals surface area contributed by atoms with Gasteiger partial charge in [0, 0.05) is 37.7 Å². The monoisotopic (exact) mass is 581 g/mol. The summed E-state index contributed by atoms with van der Waals surface area (Å²) in [7, 11) is -12.8. The van der Waals surface area contributed by atoms with Crippen LogP contribution in [0.5, 0.6) is 0 Å². The fourth-order valence-corrected chi connectivity index (χ4v) is 5.63. The summed E-state index contributed by atoms with van der Waals surface area (Å²) in [6, 6.07) is 7.22. The molecule has 1 heterocycles. The Kier molecular flexibility index (Phi) is 8.36. The Labute approximate surface area is 208 Å². The number of benzene rings is 2. The highest BCUT2D eigenvalue weighted by molar-refractivity contribution is 7.89. The van der Waals surface area contributed by atoms with Gasteiger partial charge in [0.25, 0.3) is 5.69 Å². The Bertz CT molecular complexity index is 1600. The van der Waals surface area contributed by atoms with Crippen molar-refractivity contribution in [1.29, 1.82) is 0 Å². The van der Waals surface area contributed by atoms with E-state index in [0.717, 1.165) is 18.2 Å². The number of fused-ring (bicyclic) bond motifs is 2. The minimum Gasteiger partial charge on any atom is -0.343 e. The van der Waals surface area contributed by atoms with Crippen LogP contribution >= 0.6 is 15.6 Å². The highest BCUT2D eigenvalue weighted by atomic mass is 32.2. The second kappa shape index (κ2) is 10.7. The molecule has 202 valence electrons. The van der Waals surface area contributed by atoms with Crippen LogP contribution in [0.15, 0.2) is 46.1 Å². The van der Waals surface area contributed by atoms with Crippen LogP contribution in [0.1, 0.15) is 0 Å². The SMILES string of the molecule is Cn1c2ccc([N+](=O)[O-])cc2c(=O)c2cc(S(=O)(=O)N(CCOP(=O)(O)O)CCOP(=O)(O)O)ccc21. The van der Waals surface area contributed by atoms with Crippen molar-refractivity contribution >= 4 is 53.2 Å². The molecular weight excluding hydrogens is 560 g/mol. The molecule has 16 nitrogen and oxygen atoms in total. The smallest absolute Gasteiger partial charge is 0.343 e. The zero-order valence-corrected chi connectivity index (χ0v) is 21.5. The molecule has 1 aromatic heterocycles. The number of phosphoric acid groups is 2. The number of rotatable bonds is 11. The maximum Gasteiger partial charge on any atom is 0.469 e. The predicted molar refractivity (Wildman–Crippen MR) is 128 cm³/mol. The molecule has 0 radical (unpaired) electrons. The minimum atomic E-state index is -4.95. The van der Waals surface area contributed by atoms with E-state index >= 15 is 0 Å². The van der Waals surface area contributed by atoms with Gasteiger partial charge in [0.05, 0.1) is 39.5 Å². The van der Waals surface area contributed by atoms with Gasteiger partial charge < -0.3 is 24.1 Å². The number of hydrogen-bond donors (Lipinski definition) is 4. The number of nitro groups is 1. The van der Waals surface area contributed by atoms with Crippen molar-refractivity contribution < 1.29 is 51.1 Å². The molecule has 0 aliphatic carbocycles. The Morgan fingerprint density at radius 2 is 1.43 bits per heavy atom. The van der Waals surface area contributed by atoms with Gasteiger partial charge >= 0.3 is 15.6 Å². The van der Waals surface area contributed by atoms with Crippen molar-refractivity contribution in [1.82, 2.24) is 8.87 Å². The molecule has 3 aromatic rings. The molecule has 4 N–H and O–H groups in total. The van der Waals surface area contributed by atoms with Crippen LogP contribution < -0.4 is 5.43 Å². The molecule has 0 aliphatic rings. The van der Waals surface area contributed by atoms with Crippen LogP contribution in [0.4, 0.5) is 5.69 Å². The van der Waals surface area contributed by atoms with Gasteiger partial charge in [-0.25, -0.2) is 17.5 Å². The molecule has 0 saturated heterocycles. The van der Waals surface area contributed by atoms with Crippen molar-refractivity contribution in [3.05, 3.63) is 56.7 Å². The summed E-state index contributed by atoms with van der Waals surface area (Å²) in [6.07, 6.45) is 0. The molecular formula is C18H21N3O13P2S. The molecule has 0 unspecified atom stereocenters. The standard InChI is InChI=1S/C18H21N3O13P2S/c1-19-16-4-2-12(21(23)24)10-14(16)18(22)15-11-13(3-5-17(15)19)37(31,32)20(6-8-33-35(25,26)27)7-9-34-36(28,29)30/h2-5,10-11H,6-9H2,1H3,(H2,25,26,27)(H2,28,29,30). The van der Waals surface area contributed by atoms with Crippen molar-refractivity contribution in [2.24, 2.45) is 7.05 Å². The Morgan fingerprint density at radius 3 is 1.92 bits per heavy atom.